The maximum atomic E-state index is 11.0. The van der Waals surface area contributed by atoms with E-state index in [4.69, 9.17) is 5.11 Å². The second kappa shape index (κ2) is 5.92. The summed E-state index contributed by atoms with van der Waals surface area (Å²) in [7, 11) is 1.68. The van der Waals surface area contributed by atoms with Gasteiger partial charge in [0.05, 0.1) is 29.1 Å². The molecule has 0 aliphatic rings. The summed E-state index contributed by atoms with van der Waals surface area (Å²) >= 11 is 1.64. The molecule has 0 saturated heterocycles. The molecule has 0 unspecified atom stereocenters. The van der Waals surface area contributed by atoms with Gasteiger partial charge in [-0.3, -0.25) is 4.68 Å². The highest BCUT2D eigenvalue weighted by Gasteiger charge is 2.15. The van der Waals surface area contributed by atoms with Crippen LogP contribution in [0.2, 0.25) is 0 Å². The van der Waals surface area contributed by atoms with Crippen molar-refractivity contribution in [1.29, 1.82) is 0 Å². The summed E-state index contributed by atoms with van der Waals surface area (Å²) in [6.07, 6.45) is 1.76. The molecule has 3 aromatic rings. The van der Waals surface area contributed by atoms with Crippen molar-refractivity contribution in [1.82, 2.24) is 29.8 Å². The first kappa shape index (κ1) is 15.3. The summed E-state index contributed by atoms with van der Waals surface area (Å²) in [5.41, 5.74) is 2.10. The number of carboxylic acid groups (broad SMARTS) is 1. The van der Waals surface area contributed by atoms with Crippen LogP contribution in [-0.4, -0.2) is 40.8 Å². The fraction of sp³-hybridized carbons (Fsp3) is 0.357. The molecule has 0 spiro atoms. The van der Waals surface area contributed by atoms with Gasteiger partial charge in [0.1, 0.15) is 5.69 Å². The first-order valence-electron chi connectivity index (χ1n) is 7.06. The van der Waals surface area contributed by atoms with E-state index in [1.807, 2.05) is 5.38 Å². The molecule has 3 aromatic heterocycles. The third-order valence-electron chi connectivity index (χ3n) is 3.29. The zero-order valence-electron chi connectivity index (χ0n) is 13.0. The summed E-state index contributed by atoms with van der Waals surface area (Å²) in [6, 6.07) is 1.48. The lowest BCUT2D eigenvalue weighted by Gasteiger charge is -1.98. The minimum absolute atomic E-state index is 0.0156. The monoisotopic (exact) mass is 332 g/mol. The second-order valence-corrected chi connectivity index (χ2v) is 6.37. The van der Waals surface area contributed by atoms with Crippen molar-refractivity contribution in [2.24, 2.45) is 7.05 Å². The Morgan fingerprint density at radius 1 is 1.43 bits per heavy atom. The number of thiazole rings is 1. The number of aryl methyl sites for hydroxylation is 1. The van der Waals surface area contributed by atoms with Gasteiger partial charge in [0.2, 0.25) is 0 Å². The molecule has 0 saturated carbocycles. The van der Waals surface area contributed by atoms with Crippen LogP contribution < -0.4 is 0 Å². The van der Waals surface area contributed by atoms with Gasteiger partial charge < -0.3 is 5.11 Å². The molecule has 0 bridgehead atoms. The van der Waals surface area contributed by atoms with Crippen molar-refractivity contribution in [2.75, 3.05) is 0 Å². The summed E-state index contributed by atoms with van der Waals surface area (Å²) in [5, 5.41) is 24.2. The lowest BCUT2D eigenvalue weighted by molar-refractivity contribution is 0.0689. The molecule has 0 radical (unpaired) electrons. The van der Waals surface area contributed by atoms with E-state index in [0.29, 0.717) is 23.9 Å². The zero-order valence-corrected chi connectivity index (χ0v) is 13.8. The van der Waals surface area contributed by atoms with Gasteiger partial charge in [-0.05, 0) is 0 Å². The molecule has 1 N–H and O–H groups in total. The Morgan fingerprint density at radius 3 is 2.83 bits per heavy atom. The molecule has 3 heterocycles. The van der Waals surface area contributed by atoms with E-state index in [1.54, 1.807) is 29.3 Å². The maximum Gasteiger partial charge on any atom is 0.356 e. The van der Waals surface area contributed by atoms with E-state index in [1.165, 1.54) is 10.7 Å². The molecule has 120 valence electrons. The zero-order chi connectivity index (χ0) is 16.6. The first-order chi connectivity index (χ1) is 10.9. The minimum atomic E-state index is -1.07. The SMILES string of the molecule is CC(C)c1nc(Cn2cc(-c3cc(C(=O)O)nn3C)nn2)cs1. The van der Waals surface area contributed by atoms with Crippen LogP contribution in [0.1, 0.15) is 41.0 Å². The number of carboxylic acids is 1. The van der Waals surface area contributed by atoms with Crippen molar-refractivity contribution in [3.8, 4) is 11.4 Å². The summed E-state index contributed by atoms with van der Waals surface area (Å²) in [6.45, 7) is 4.75. The molecule has 23 heavy (non-hydrogen) atoms. The molecular formula is C14H16N6O2S. The average Bonchev–Trinajstić information content (AvgIpc) is 3.18. The molecule has 0 atom stereocenters. The number of aromatic carboxylic acids is 1. The lowest BCUT2D eigenvalue weighted by atomic mass is 10.2. The van der Waals surface area contributed by atoms with Gasteiger partial charge in [0.15, 0.2) is 5.69 Å². The van der Waals surface area contributed by atoms with E-state index in [2.05, 4.69) is 34.2 Å². The van der Waals surface area contributed by atoms with Crippen LogP contribution in [0.15, 0.2) is 17.6 Å². The van der Waals surface area contributed by atoms with Gasteiger partial charge in [0.25, 0.3) is 0 Å². The summed E-state index contributed by atoms with van der Waals surface area (Å²) in [5.74, 6) is -0.660. The van der Waals surface area contributed by atoms with E-state index in [9.17, 15) is 4.79 Å². The third kappa shape index (κ3) is 3.14. The Bertz CT molecular complexity index is 847. The molecule has 0 amide bonds. The largest absolute Gasteiger partial charge is 0.476 e. The number of hydrogen-bond acceptors (Lipinski definition) is 6. The van der Waals surface area contributed by atoms with Crippen LogP contribution in [0, 0.1) is 0 Å². The number of carbonyl (C=O) groups is 1. The Hall–Kier alpha value is -2.55. The van der Waals surface area contributed by atoms with Crippen molar-refractivity contribution < 1.29 is 9.90 Å². The summed E-state index contributed by atoms with van der Waals surface area (Å²) in [4.78, 5) is 15.5. The molecule has 0 aliphatic carbocycles. The smallest absolute Gasteiger partial charge is 0.356 e. The molecule has 0 aromatic carbocycles. The number of rotatable bonds is 5. The summed E-state index contributed by atoms with van der Waals surface area (Å²) < 4.78 is 3.17. The molecular weight excluding hydrogens is 316 g/mol. The van der Waals surface area contributed by atoms with E-state index in [-0.39, 0.29) is 5.69 Å². The van der Waals surface area contributed by atoms with Crippen molar-refractivity contribution >= 4 is 17.3 Å². The van der Waals surface area contributed by atoms with Crippen LogP contribution in [0.25, 0.3) is 11.4 Å². The molecule has 9 heteroatoms. The van der Waals surface area contributed by atoms with E-state index < -0.39 is 5.97 Å². The van der Waals surface area contributed by atoms with Crippen molar-refractivity contribution in [3.05, 3.63) is 34.0 Å². The normalized spacial score (nSPS) is 11.3. The van der Waals surface area contributed by atoms with Gasteiger partial charge in [-0.2, -0.15) is 5.10 Å². The Labute approximate surface area is 136 Å². The molecule has 0 aliphatic heterocycles. The highest BCUT2D eigenvalue weighted by molar-refractivity contribution is 7.09. The number of aromatic nitrogens is 6. The van der Waals surface area contributed by atoms with Crippen molar-refractivity contribution in [3.63, 3.8) is 0 Å². The Morgan fingerprint density at radius 2 is 2.22 bits per heavy atom. The molecule has 3 rings (SSSR count). The van der Waals surface area contributed by atoms with Crippen molar-refractivity contribution in [2.45, 2.75) is 26.3 Å². The highest BCUT2D eigenvalue weighted by Crippen LogP contribution is 2.20. The van der Waals surface area contributed by atoms with Gasteiger partial charge in [-0.15, -0.1) is 16.4 Å². The number of hydrogen-bond donors (Lipinski definition) is 1. The van der Waals surface area contributed by atoms with Gasteiger partial charge >= 0.3 is 5.97 Å². The minimum Gasteiger partial charge on any atom is -0.476 e. The quantitative estimate of drug-likeness (QED) is 0.767. The van der Waals surface area contributed by atoms with Crippen LogP contribution in [0.4, 0.5) is 0 Å². The topological polar surface area (TPSA) is 98.7 Å². The van der Waals surface area contributed by atoms with Crippen LogP contribution in [0.5, 0.6) is 0 Å². The Kier molecular flexibility index (Phi) is 3.95. The van der Waals surface area contributed by atoms with E-state index in [0.717, 1.165) is 10.7 Å². The van der Waals surface area contributed by atoms with Crippen LogP contribution in [0.3, 0.4) is 0 Å². The number of nitrogens with zero attached hydrogens (tertiary/aromatic N) is 6. The first-order valence-corrected chi connectivity index (χ1v) is 7.94. The predicted octanol–water partition coefficient (Wildman–Crippen LogP) is 2.00. The van der Waals surface area contributed by atoms with Gasteiger partial charge in [-0.25, -0.2) is 14.5 Å². The predicted molar refractivity (Wildman–Crippen MR) is 84.5 cm³/mol. The molecule has 8 nitrogen and oxygen atoms in total. The maximum absolute atomic E-state index is 11.0. The fourth-order valence-electron chi connectivity index (χ4n) is 2.13. The van der Waals surface area contributed by atoms with Crippen LogP contribution in [-0.2, 0) is 13.6 Å². The third-order valence-corrected chi connectivity index (χ3v) is 4.48. The average molecular weight is 332 g/mol. The fourth-order valence-corrected chi connectivity index (χ4v) is 2.96. The van der Waals surface area contributed by atoms with Crippen LogP contribution >= 0.6 is 11.3 Å². The molecule has 0 fully saturated rings. The standard InChI is InChI=1S/C14H16N6O2S/c1-8(2)13-15-9(7-23-13)5-20-6-11(16-18-20)12-4-10(14(21)22)17-19(12)3/h4,6-8H,5H2,1-3H3,(H,21,22). The highest BCUT2D eigenvalue weighted by atomic mass is 32.1. The Balaban J connectivity index is 1.81. The van der Waals surface area contributed by atoms with Gasteiger partial charge in [0, 0.05) is 24.4 Å². The van der Waals surface area contributed by atoms with Gasteiger partial charge in [-0.1, -0.05) is 19.1 Å². The lowest BCUT2D eigenvalue weighted by Crippen LogP contribution is -2.01. The second-order valence-electron chi connectivity index (χ2n) is 5.48. The van der Waals surface area contributed by atoms with E-state index >= 15 is 0 Å².